The maximum absolute atomic E-state index is 6.48. The van der Waals surface area contributed by atoms with Crippen LogP contribution < -0.4 is 0 Å². The SMILES string of the molecule is Clc1cc2c(cc1C1CCN(C3COC3)CC1)CN=C2. The van der Waals surface area contributed by atoms with E-state index in [9.17, 15) is 0 Å². The van der Waals surface area contributed by atoms with Crippen molar-refractivity contribution in [1.29, 1.82) is 0 Å². The molecule has 3 aliphatic rings. The molecule has 106 valence electrons. The van der Waals surface area contributed by atoms with Gasteiger partial charge in [-0.2, -0.15) is 0 Å². The lowest BCUT2D eigenvalue weighted by molar-refractivity contribution is -0.0712. The van der Waals surface area contributed by atoms with Crippen LogP contribution in [0, 0.1) is 0 Å². The van der Waals surface area contributed by atoms with Crippen LogP contribution in [0.3, 0.4) is 0 Å². The quantitative estimate of drug-likeness (QED) is 0.837. The molecule has 0 aromatic heterocycles. The first-order chi connectivity index (χ1) is 9.81. The third-order valence-electron chi connectivity index (χ3n) is 4.86. The molecule has 4 heteroatoms. The fourth-order valence-corrected chi connectivity index (χ4v) is 3.80. The van der Waals surface area contributed by atoms with Crippen LogP contribution in [0.25, 0.3) is 0 Å². The summed E-state index contributed by atoms with van der Waals surface area (Å²) in [7, 11) is 0. The fraction of sp³-hybridized carbons (Fsp3) is 0.562. The van der Waals surface area contributed by atoms with E-state index in [4.69, 9.17) is 16.3 Å². The van der Waals surface area contributed by atoms with Gasteiger partial charge in [-0.1, -0.05) is 17.7 Å². The van der Waals surface area contributed by atoms with Gasteiger partial charge >= 0.3 is 0 Å². The summed E-state index contributed by atoms with van der Waals surface area (Å²) < 4.78 is 5.29. The molecule has 0 aliphatic carbocycles. The van der Waals surface area contributed by atoms with Crippen molar-refractivity contribution in [2.24, 2.45) is 4.99 Å². The topological polar surface area (TPSA) is 24.8 Å². The second-order valence-corrected chi connectivity index (χ2v) is 6.45. The highest BCUT2D eigenvalue weighted by atomic mass is 35.5. The molecule has 1 aromatic carbocycles. The van der Waals surface area contributed by atoms with E-state index in [0.717, 1.165) is 24.8 Å². The molecule has 2 fully saturated rings. The molecule has 1 aromatic rings. The van der Waals surface area contributed by atoms with Crippen molar-refractivity contribution in [3.8, 4) is 0 Å². The second kappa shape index (κ2) is 5.14. The zero-order valence-electron chi connectivity index (χ0n) is 11.5. The average molecular weight is 291 g/mol. The number of benzene rings is 1. The fourth-order valence-electron chi connectivity index (χ4n) is 3.47. The molecule has 20 heavy (non-hydrogen) atoms. The van der Waals surface area contributed by atoms with Crippen LogP contribution in [-0.4, -0.2) is 43.5 Å². The van der Waals surface area contributed by atoms with E-state index in [0.29, 0.717) is 12.0 Å². The first-order valence-corrected chi connectivity index (χ1v) is 7.83. The Morgan fingerprint density at radius 2 is 2.00 bits per heavy atom. The molecule has 0 atom stereocenters. The minimum absolute atomic E-state index is 0.602. The van der Waals surface area contributed by atoms with Gasteiger partial charge in [0.05, 0.1) is 25.8 Å². The molecule has 0 spiro atoms. The van der Waals surface area contributed by atoms with E-state index in [-0.39, 0.29) is 0 Å². The first kappa shape index (κ1) is 12.8. The zero-order chi connectivity index (χ0) is 13.5. The predicted molar refractivity (Wildman–Crippen MR) is 80.9 cm³/mol. The van der Waals surface area contributed by atoms with Gasteiger partial charge in [0.1, 0.15) is 0 Å². The number of nitrogens with zero attached hydrogens (tertiary/aromatic N) is 2. The molecule has 0 radical (unpaired) electrons. The van der Waals surface area contributed by atoms with Gasteiger partial charge in [-0.15, -0.1) is 0 Å². The molecule has 3 aliphatic heterocycles. The Kier molecular flexibility index (Phi) is 3.29. The van der Waals surface area contributed by atoms with E-state index in [1.165, 1.54) is 42.6 Å². The Labute approximate surface area is 124 Å². The minimum Gasteiger partial charge on any atom is -0.378 e. The summed E-state index contributed by atoms with van der Waals surface area (Å²) in [4.78, 5) is 6.90. The van der Waals surface area contributed by atoms with Crippen LogP contribution in [-0.2, 0) is 11.3 Å². The Morgan fingerprint density at radius 3 is 2.70 bits per heavy atom. The lowest BCUT2D eigenvalue weighted by Gasteiger charge is -2.41. The molecule has 0 unspecified atom stereocenters. The van der Waals surface area contributed by atoms with Gasteiger partial charge in [-0.05, 0) is 54.6 Å². The lowest BCUT2D eigenvalue weighted by Crippen LogP contribution is -2.51. The van der Waals surface area contributed by atoms with Crippen molar-refractivity contribution in [3.05, 3.63) is 33.8 Å². The summed E-state index contributed by atoms with van der Waals surface area (Å²) >= 11 is 6.48. The van der Waals surface area contributed by atoms with Gasteiger partial charge in [0.15, 0.2) is 0 Å². The first-order valence-electron chi connectivity index (χ1n) is 7.45. The van der Waals surface area contributed by atoms with Crippen LogP contribution in [0.4, 0.5) is 0 Å². The summed E-state index contributed by atoms with van der Waals surface area (Å²) in [6.45, 7) is 4.99. The number of halogens is 1. The van der Waals surface area contributed by atoms with Crippen LogP contribution in [0.5, 0.6) is 0 Å². The number of aliphatic imine (C=N–C) groups is 1. The maximum atomic E-state index is 6.48. The molecule has 3 heterocycles. The standard InChI is InChI=1S/C16H19ClN2O/c17-16-6-13-8-18-7-12(13)5-15(16)11-1-3-19(4-2-11)14-9-20-10-14/h5-6,8,11,14H,1-4,7,9-10H2. The molecule has 4 rings (SSSR count). The number of likely N-dealkylation sites (tertiary alicyclic amines) is 1. The number of rotatable bonds is 2. The van der Waals surface area contributed by atoms with Crippen molar-refractivity contribution in [2.45, 2.75) is 31.3 Å². The van der Waals surface area contributed by atoms with Crippen molar-refractivity contribution in [1.82, 2.24) is 4.90 Å². The van der Waals surface area contributed by atoms with Crippen LogP contribution in [0.15, 0.2) is 17.1 Å². The van der Waals surface area contributed by atoms with Gasteiger partial charge in [-0.3, -0.25) is 9.89 Å². The highest BCUT2D eigenvalue weighted by molar-refractivity contribution is 6.31. The third kappa shape index (κ3) is 2.18. The largest absolute Gasteiger partial charge is 0.378 e. The number of fused-ring (bicyclic) bond motifs is 1. The van der Waals surface area contributed by atoms with Crippen molar-refractivity contribution in [2.75, 3.05) is 26.3 Å². The monoisotopic (exact) mass is 290 g/mol. The average Bonchev–Trinajstić information content (AvgIpc) is 2.84. The van der Waals surface area contributed by atoms with E-state index in [1.807, 2.05) is 6.21 Å². The summed E-state index contributed by atoms with van der Waals surface area (Å²) in [5.74, 6) is 0.602. The second-order valence-electron chi connectivity index (χ2n) is 6.04. The Bertz CT molecular complexity index is 546. The Hall–Kier alpha value is -0.900. The van der Waals surface area contributed by atoms with Crippen LogP contribution >= 0.6 is 11.6 Å². The Balaban J connectivity index is 1.49. The maximum Gasteiger partial charge on any atom is 0.0646 e. The van der Waals surface area contributed by atoms with E-state index in [1.54, 1.807) is 0 Å². The highest BCUT2D eigenvalue weighted by Gasteiger charge is 2.30. The van der Waals surface area contributed by atoms with Gasteiger partial charge in [0.2, 0.25) is 0 Å². The normalized spacial score (nSPS) is 23.9. The molecule has 3 nitrogen and oxygen atoms in total. The molecule has 2 saturated heterocycles. The molecule has 0 N–H and O–H groups in total. The smallest absolute Gasteiger partial charge is 0.0646 e. The summed E-state index contributed by atoms with van der Waals surface area (Å²) in [6, 6.07) is 5.05. The lowest BCUT2D eigenvalue weighted by atomic mass is 9.87. The zero-order valence-corrected chi connectivity index (χ0v) is 12.3. The minimum atomic E-state index is 0.602. The molecule has 0 saturated carbocycles. The van der Waals surface area contributed by atoms with Crippen LogP contribution in [0.2, 0.25) is 5.02 Å². The molecule has 0 bridgehead atoms. The van der Waals surface area contributed by atoms with Crippen molar-refractivity contribution >= 4 is 17.8 Å². The van der Waals surface area contributed by atoms with Crippen LogP contribution in [0.1, 0.15) is 35.4 Å². The third-order valence-corrected chi connectivity index (χ3v) is 5.18. The number of hydrogen-bond donors (Lipinski definition) is 0. The summed E-state index contributed by atoms with van der Waals surface area (Å²) in [5, 5.41) is 0.919. The number of ether oxygens (including phenoxy) is 1. The van der Waals surface area contributed by atoms with Crippen molar-refractivity contribution < 1.29 is 4.74 Å². The molecular formula is C16H19ClN2O. The molecule has 0 amide bonds. The van der Waals surface area contributed by atoms with E-state index in [2.05, 4.69) is 22.0 Å². The van der Waals surface area contributed by atoms with Gasteiger partial charge in [0, 0.05) is 11.2 Å². The number of hydrogen-bond acceptors (Lipinski definition) is 3. The summed E-state index contributed by atoms with van der Waals surface area (Å²) in [6.07, 6.45) is 4.34. The van der Waals surface area contributed by atoms with Crippen molar-refractivity contribution in [3.63, 3.8) is 0 Å². The highest BCUT2D eigenvalue weighted by Crippen LogP contribution is 2.36. The van der Waals surface area contributed by atoms with E-state index < -0.39 is 0 Å². The molecular weight excluding hydrogens is 272 g/mol. The predicted octanol–water partition coefficient (Wildman–Crippen LogP) is 2.85. The van der Waals surface area contributed by atoms with Gasteiger partial charge < -0.3 is 4.74 Å². The van der Waals surface area contributed by atoms with Gasteiger partial charge in [0.25, 0.3) is 0 Å². The van der Waals surface area contributed by atoms with Gasteiger partial charge in [-0.25, -0.2) is 0 Å². The van der Waals surface area contributed by atoms with E-state index >= 15 is 0 Å². The Morgan fingerprint density at radius 1 is 1.20 bits per heavy atom. The summed E-state index contributed by atoms with van der Waals surface area (Å²) in [5.41, 5.74) is 3.86. The number of piperidine rings is 1.